The third-order valence-corrected chi connectivity index (χ3v) is 2.66. The third-order valence-electron chi connectivity index (χ3n) is 2.66. The van der Waals surface area contributed by atoms with Gasteiger partial charge in [0.2, 0.25) is 0 Å². The largest absolute Gasteiger partial charge is 0.469 e. The number of esters is 1. The molecule has 1 aromatic heterocycles. The molecule has 92 valence electrons. The standard InChI is InChI=1S/C11H15N3O3/c1-17-9(15)4-5-12-10-11(16)14(7-6-13-10)8-2-3-8/h6-8H,2-5H2,1H3,(H,12,13). The first-order valence-corrected chi connectivity index (χ1v) is 5.60. The van der Waals surface area contributed by atoms with Crippen LogP contribution in [-0.2, 0) is 9.53 Å². The van der Waals surface area contributed by atoms with Crippen LogP contribution in [0.2, 0.25) is 0 Å². The summed E-state index contributed by atoms with van der Waals surface area (Å²) >= 11 is 0. The molecule has 0 bridgehead atoms. The van der Waals surface area contributed by atoms with Gasteiger partial charge in [-0.1, -0.05) is 0 Å². The van der Waals surface area contributed by atoms with E-state index in [1.54, 1.807) is 17.0 Å². The predicted molar refractivity (Wildman–Crippen MR) is 61.9 cm³/mol. The van der Waals surface area contributed by atoms with Gasteiger partial charge in [0.15, 0.2) is 5.82 Å². The maximum Gasteiger partial charge on any atom is 0.307 e. The number of ether oxygens (including phenoxy) is 1. The van der Waals surface area contributed by atoms with Gasteiger partial charge in [-0.2, -0.15) is 0 Å². The molecule has 1 N–H and O–H groups in total. The molecule has 2 rings (SSSR count). The van der Waals surface area contributed by atoms with Crippen LogP contribution in [0.15, 0.2) is 17.2 Å². The molecule has 6 heteroatoms. The Morgan fingerprint density at radius 1 is 1.65 bits per heavy atom. The molecule has 0 saturated heterocycles. The maximum atomic E-state index is 11.9. The number of nitrogens with one attached hydrogen (secondary N) is 1. The highest BCUT2D eigenvalue weighted by molar-refractivity contribution is 5.69. The molecule has 1 aliphatic carbocycles. The van der Waals surface area contributed by atoms with Gasteiger partial charge in [0.05, 0.1) is 13.5 Å². The van der Waals surface area contributed by atoms with Gasteiger partial charge in [0.25, 0.3) is 5.56 Å². The first-order valence-electron chi connectivity index (χ1n) is 5.60. The Morgan fingerprint density at radius 3 is 3.06 bits per heavy atom. The van der Waals surface area contributed by atoms with Gasteiger partial charge in [-0.15, -0.1) is 0 Å². The lowest BCUT2D eigenvalue weighted by Gasteiger charge is -2.07. The highest BCUT2D eigenvalue weighted by Gasteiger charge is 2.25. The van der Waals surface area contributed by atoms with Gasteiger partial charge in [-0.05, 0) is 12.8 Å². The van der Waals surface area contributed by atoms with E-state index in [0.717, 1.165) is 12.8 Å². The van der Waals surface area contributed by atoms with Crippen molar-refractivity contribution in [3.63, 3.8) is 0 Å². The van der Waals surface area contributed by atoms with Crippen LogP contribution >= 0.6 is 0 Å². The van der Waals surface area contributed by atoms with Crippen LogP contribution < -0.4 is 10.9 Å². The first-order chi connectivity index (χ1) is 8.22. The van der Waals surface area contributed by atoms with Gasteiger partial charge in [0.1, 0.15) is 0 Å². The number of nitrogens with zero attached hydrogens (tertiary/aromatic N) is 2. The Kier molecular flexibility index (Phi) is 3.41. The molecule has 0 radical (unpaired) electrons. The maximum absolute atomic E-state index is 11.9. The fraction of sp³-hybridized carbons (Fsp3) is 0.545. The van der Waals surface area contributed by atoms with E-state index in [1.807, 2.05) is 0 Å². The summed E-state index contributed by atoms with van der Waals surface area (Å²) in [4.78, 5) is 26.8. The fourth-order valence-corrected chi connectivity index (χ4v) is 1.57. The van der Waals surface area contributed by atoms with Crippen LogP contribution in [0.5, 0.6) is 0 Å². The highest BCUT2D eigenvalue weighted by atomic mass is 16.5. The average Bonchev–Trinajstić information content (AvgIpc) is 3.15. The minimum atomic E-state index is -0.309. The molecular formula is C11H15N3O3. The van der Waals surface area contributed by atoms with Crippen LogP contribution in [0.3, 0.4) is 0 Å². The lowest BCUT2D eigenvalue weighted by Crippen LogP contribution is -2.24. The zero-order chi connectivity index (χ0) is 12.3. The Hall–Kier alpha value is -1.85. The summed E-state index contributed by atoms with van der Waals surface area (Å²) in [5, 5.41) is 2.86. The van der Waals surface area contributed by atoms with Crippen molar-refractivity contribution in [3.8, 4) is 0 Å². The van der Waals surface area contributed by atoms with E-state index in [9.17, 15) is 9.59 Å². The van der Waals surface area contributed by atoms with E-state index in [4.69, 9.17) is 0 Å². The SMILES string of the molecule is COC(=O)CCNc1nccn(C2CC2)c1=O. The third kappa shape index (κ3) is 2.83. The van der Waals surface area contributed by atoms with Crippen molar-refractivity contribution in [1.82, 2.24) is 9.55 Å². The molecular weight excluding hydrogens is 222 g/mol. The van der Waals surface area contributed by atoms with Crippen molar-refractivity contribution in [2.45, 2.75) is 25.3 Å². The van der Waals surface area contributed by atoms with Crippen molar-refractivity contribution in [2.75, 3.05) is 19.0 Å². The number of hydrogen-bond donors (Lipinski definition) is 1. The molecule has 1 aromatic rings. The molecule has 6 nitrogen and oxygen atoms in total. The summed E-state index contributed by atoms with van der Waals surface area (Å²) in [5.74, 6) is -0.0146. The van der Waals surface area contributed by atoms with Crippen molar-refractivity contribution < 1.29 is 9.53 Å². The van der Waals surface area contributed by atoms with Gasteiger partial charge >= 0.3 is 5.97 Å². The Labute approximate surface area is 98.6 Å². The quantitative estimate of drug-likeness (QED) is 0.757. The molecule has 1 aliphatic rings. The lowest BCUT2D eigenvalue weighted by molar-refractivity contribution is -0.140. The summed E-state index contributed by atoms with van der Waals surface area (Å²) in [6.45, 7) is 0.351. The van der Waals surface area contributed by atoms with Crippen molar-refractivity contribution in [2.24, 2.45) is 0 Å². The number of anilines is 1. The monoisotopic (exact) mass is 237 g/mol. The number of methoxy groups -OCH3 is 1. The van der Waals surface area contributed by atoms with Gasteiger partial charge in [-0.25, -0.2) is 4.98 Å². The molecule has 0 unspecified atom stereocenters. The van der Waals surface area contributed by atoms with Crippen LogP contribution in [0.4, 0.5) is 5.82 Å². The minimum Gasteiger partial charge on any atom is -0.469 e. The van der Waals surface area contributed by atoms with E-state index in [-0.39, 0.29) is 17.9 Å². The second kappa shape index (κ2) is 4.99. The second-order valence-corrected chi connectivity index (χ2v) is 3.97. The zero-order valence-electron chi connectivity index (χ0n) is 9.68. The minimum absolute atomic E-state index is 0.125. The summed E-state index contributed by atoms with van der Waals surface area (Å²) in [6, 6.07) is 0.326. The normalized spacial score (nSPS) is 14.4. The number of carbonyl (C=O) groups excluding carboxylic acids is 1. The van der Waals surface area contributed by atoms with E-state index in [1.165, 1.54) is 7.11 Å². The van der Waals surface area contributed by atoms with E-state index in [0.29, 0.717) is 18.4 Å². The Bertz CT molecular complexity index is 465. The average molecular weight is 237 g/mol. The molecule has 0 atom stereocenters. The highest BCUT2D eigenvalue weighted by Crippen LogP contribution is 2.33. The number of hydrogen-bond acceptors (Lipinski definition) is 5. The van der Waals surface area contributed by atoms with Gasteiger partial charge in [-0.3, -0.25) is 9.59 Å². The summed E-state index contributed by atoms with van der Waals surface area (Å²) in [5.41, 5.74) is -0.125. The molecule has 0 aliphatic heterocycles. The van der Waals surface area contributed by atoms with Crippen LogP contribution in [-0.4, -0.2) is 29.2 Å². The fourth-order valence-electron chi connectivity index (χ4n) is 1.57. The van der Waals surface area contributed by atoms with Crippen molar-refractivity contribution in [3.05, 3.63) is 22.7 Å². The molecule has 0 aromatic carbocycles. The van der Waals surface area contributed by atoms with Crippen molar-refractivity contribution >= 4 is 11.8 Å². The number of carbonyl (C=O) groups is 1. The van der Waals surface area contributed by atoms with Crippen LogP contribution in [0.25, 0.3) is 0 Å². The van der Waals surface area contributed by atoms with E-state index < -0.39 is 0 Å². The lowest BCUT2D eigenvalue weighted by atomic mass is 10.4. The summed E-state index contributed by atoms with van der Waals surface area (Å²) < 4.78 is 6.20. The molecule has 0 spiro atoms. The van der Waals surface area contributed by atoms with Gasteiger partial charge in [0, 0.05) is 25.0 Å². The van der Waals surface area contributed by atoms with Gasteiger partial charge < -0.3 is 14.6 Å². The van der Waals surface area contributed by atoms with Crippen molar-refractivity contribution in [1.29, 1.82) is 0 Å². The zero-order valence-corrected chi connectivity index (χ0v) is 9.68. The van der Waals surface area contributed by atoms with Crippen LogP contribution in [0.1, 0.15) is 25.3 Å². The number of aromatic nitrogens is 2. The first kappa shape index (κ1) is 11.6. The summed E-state index contributed by atoms with van der Waals surface area (Å²) in [6.07, 6.45) is 5.61. The van der Waals surface area contributed by atoms with Crippen LogP contribution in [0, 0.1) is 0 Å². The molecule has 1 heterocycles. The molecule has 0 amide bonds. The van der Waals surface area contributed by atoms with E-state index >= 15 is 0 Å². The smallest absolute Gasteiger partial charge is 0.307 e. The Morgan fingerprint density at radius 2 is 2.41 bits per heavy atom. The topological polar surface area (TPSA) is 73.2 Å². The molecule has 17 heavy (non-hydrogen) atoms. The molecule has 1 fully saturated rings. The molecule has 1 saturated carbocycles. The summed E-state index contributed by atoms with van der Waals surface area (Å²) in [7, 11) is 1.34. The Balaban J connectivity index is 1.98. The number of rotatable bonds is 5. The predicted octanol–water partition coefficient (Wildman–Crippen LogP) is 0.553. The second-order valence-electron chi connectivity index (χ2n) is 3.97. The van der Waals surface area contributed by atoms with E-state index in [2.05, 4.69) is 15.0 Å².